The molecule has 2 nitrogen and oxygen atoms in total. The molecule has 1 heterocycles. The lowest BCUT2D eigenvalue weighted by Gasteiger charge is -2.31. The van der Waals surface area contributed by atoms with Gasteiger partial charge in [0.25, 0.3) is 0 Å². The molecular weight excluding hydrogens is 152 g/mol. The zero-order valence-corrected chi connectivity index (χ0v) is 7.47. The fraction of sp³-hybridized carbons (Fsp3) is 1.00. The Morgan fingerprint density at radius 1 is 1.22 bits per heavy atom. The Morgan fingerprint density at radius 3 is 2.00 bits per heavy atom. The van der Waals surface area contributed by atoms with Gasteiger partial charge in [-0.3, -0.25) is 9.80 Å². The maximum atomic E-state index is 5.19. The molecule has 0 bridgehead atoms. The lowest BCUT2D eigenvalue weighted by Crippen LogP contribution is -2.42. The van der Waals surface area contributed by atoms with Crippen molar-refractivity contribution < 1.29 is 0 Å². The molecule has 1 fully saturated rings. The van der Waals surface area contributed by atoms with Gasteiger partial charge in [-0.2, -0.15) is 0 Å². The van der Waals surface area contributed by atoms with E-state index in [1.54, 1.807) is 0 Å². The monoisotopic (exact) mass is 164 g/mol. The van der Waals surface area contributed by atoms with Gasteiger partial charge < -0.3 is 0 Å². The summed E-state index contributed by atoms with van der Waals surface area (Å²) in [5, 5.41) is 0. The molecule has 0 aromatic carbocycles. The van der Waals surface area contributed by atoms with Crippen LogP contribution in [0.3, 0.4) is 0 Å². The van der Waals surface area contributed by atoms with Crippen LogP contribution >= 0.6 is 0 Å². The molecule has 0 saturated carbocycles. The van der Waals surface area contributed by atoms with Crippen LogP contribution in [0.2, 0.25) is 0 Å². The summed E-state index contributed by atoms with van der Waals surface area (Å²) in [5.74, 6) is 2.19. The Hall–Kier alpha value is 0.490. The highest BCUT2D eigenvalue weighted by Crippen LogP contribution is 2.00. The van der Waals surface area contributed by atoms with E-state index in [2.05, 4.69) is 23.9 Å². The van der Waals surface area contributed by atoms with Crippen molar-refractivity contribution in [2.24, 2.45) is 0 Å². The third-order valence-electron chi connectivity index (χ3n) is 1.21. The Balaban J connectivity index is 2.43. The van der Waals surface area contributed by atoms with E-state index in [0.29, 0.717) is 0 Å². The maximum Gasteiger partial charge on any atom is 0.0516 e. The number of hydrogen-bond acceptors (Lipinski definition) is 3. The Bertz CT molecular complexity index is 114. The van der Waals surface area contributed by atoms with Crippen molar-refractivity contribution in [2.45, 2.75) is 0 Å². The Labute approximate surface area is 63.4 Å². The van der Waals surface area contributed by atoms with E-state index in [9.17, 15) is 0 Å². The smallest absolute Gasteiger partial charge is 0.0516 e. The average molecular weight is 164 g/mol. The molecule has 1 aliphatic heterocycles. The second-order valence-corrected chi connectivity index (χ2v) is 5.36. The molecule has 1 saturated heterocycles. The second kappa shape index (κ2) is 3.05. The largest absolute Gasteiger partial charge is 0.284 e. The first-order valence-corrected chi connectivity index (χ1v) is 5.39. The summed E-state index contributed by atoms with van der Waals surface area (Å²) in [6.45, 7) is 1.07. The summed E-state index contributed by atoms with van der Waals surface area (Å²) in [6, 6.07) is 0. The van der Waals surface area contributed by atoms with Crippen molar-refractivity contribution in [1.82, 2.24) is 9.80 Å². The predicted octanol–water partition coefficient (Wildman–Crippen LogP) is -0.184. The van der Waals surface area contributed by atoms with Crippen molar-refractivity contribution >= 4 is 20.6 Å². The van der Waals surface area contributed by atoms with Gasteiger partial charge in [0.15, 0.2) is 0 Å². The van der Waals surface area contributed by atoms with Crippen molar-refractivity contribution in [3.8, 4) is 0 Å². The lowest BCUT2D eigenvalue weighted by molar-refractivity contribution is 0.215. The standard InChI is InChI=1S/C5H12N2S2/c1-6-3-7(2)5-9(8)4-6/h3-5H2,1-2H3. The highest BCUT2D eigenvalue weighted by Gasteiger charge is 2.12. The van der Waals surface area contributed by atoms with Gasteiger partial charge in [-0.15, -0.1) is 0 Å². The van der Waals surface area contributed by atoms with Crippen LogP contribution in [0.5, 0.6) is 0 Å². The zero-order valence-electron chi connectivity index (χ0n) is 5.83. The molecule has 0 radical (unpaired) electrons. The average Bonchev–Trinajstić information content (AvgIpc) is 1.59. The molecule has 1 rings (SSSR count). The van der Waals surface area contributed by atoms with Crippen LogP contribution in [0.4, 0.5) is 0 Å². The van der Waals surface area contributed by atoms with E-state index in [1.165, 1.54) is 0 Å². The summed E-state index contributed by atoms with van der Waals surface area (Å²) >= 11 is 5.19. The topological polar surface area (TPSA) is 6.48 Å². The summed E-state index contributed by atoms with van der Waals surface area (Å²) in [5.41, 5.74) is 0. The van der Waals surface area contributed by atoms with Gasteiger partial charge in [0.05, 0.1) is 18.4 Å². The lowest BCUT2D eigenvalue weighted by atomic mass is 10.8. The highest BCUT2D eigenvalue weighted by atomic mass is 32.8. The van der Waals surface area contributed by atoms with Crippen LogP contribution in [0, 0.1) is 0 Å². The summed E-state index contributed by atoms with van der Waals surface area (Å²) < 4.78 is 0. The molecule has 54 valence electrons. The van der Waals surface area contributed by atoms with Gasteiger partial charge in [-0.05, 0) is 25.3 Å². The first kappa shape index (κ1) is 7.60. The number of rotatable bonds is 0. The maximum absolute atomic E-state index is 5.19. The summed E-state index contributed by atoms with van der Waals surface area (Å²) in [4.78, 5) is 4.53. The zero-order chi connectivity index (χ0) is 6.85. The normalized spacial score (nSPS) is 26.9. The molecule has 0 N–H and O–H groups in total. The van der Waals surface area contributed by atoms with E-state index in [0.717, 1.165) is 18.4 Å². The molecule has 0 amide bonds. The third kappa shape index (κ3) is 2.29. The molecule has 0 atom stereocenters. The van der Waals surface area contributed by atoms with Gasteiger partial charge in [0, 0.05) is 0 Å². The van der Waals surface area contributed by atoms with E-state index in [4.69, 9.17) is 11.2 Å². The fourth-order valence-corrected chi connectivity index (χ4v) is 3.33. The minimum absolute atomic E-state index is 0.185. The van der Waals surface area contributed by atoms with Crippen LogP contribution in [0.25, 0.3) is 0 Å². The quantitative estimate of drug-likeness (QED) is 0.490. The van der Waals surface area contributed by atoms with Gasteiger partial charge in [-0.25, -0.2) is 0 Å². The van der Waals surface area contributed by atoms with E-state index in [-0.39, 0.29) is 9.45 Å². The molecule has 0 aliphatic carbocycles. The fourth-order valence-electron chi connectivity index (χ4n) is 1.03. The molecule has 4 heteroatoms. The van der Waals surface area contributed by atoms with E-state index < -0.39 is 0 Å². The van der Waals surface area contributed by atoms with Gasteiger partial charge in [-0.1, -0.05) is 9.45 Å². The minimum Gasteiger partial charge on any atom is -0.284 e. The van der Waals surface area contributed by atoms with Crippen LogP contribution in [-0.4, -0.2) is 42.3 Å². The molecule has 0 unspecified atom stereocenters. The van der Waals surface area contributed by atoms with Gasteiger partial charge >= 0.3 is 0 Å². The minimum atomic E-state index is 0.185. The highest BCUT2D eigenvalue weighted by molar-refractivity contribution is 8.28. The number of nitrogens with zero attached hydrogens (tertiary/aromatic N) is 2. The van der Waals surface area contributed by atoms with Gasteiger partial charge in [0.1, 0.15) is 0 Å². The Kier molecular flexibility index (Phi) is 2.58. The van der Waals surface area contributed by atoms with Gasteiger partial charge in [0.2, 0.25) is 0 Å². The second-order valence-electron chi connectivity index (χ2n) is 2.55. The Morgan fingerprint density at radius 2 is 1.67 bits per heavy atom. The molecule has 0 aromatic heterocycles. The van der Waals surface area contributed by atoms with Crippen molar-refractivity contribution in [2.75, 3.05) is 32.5 Å². The summed E-state index contributed by atoms with van der Waals surface area (Å²) in [7, 11) is 4.41. The first-order valence-electron chi connectivity index (χ1n) is 2.90. The molecule has 0 spiro atoms. The molecule has 0 aromatic rings. The SMILES string of the molecule is CN1CN(C)CS(=S)C1. The van der Waals surface area contributed by atoms with Crippen molar-refractivity contribution in [3.05, 3.63) is 0 Å². The van der Waals surface area contributed by atoms with Crippen molar-refractivity contribution in [3.63, 3.8) is 0 Å². The van der Waals surface area contributed by atoms with E-state index >= 15 is 0 Å². The molecular formula is C5H12N2S2. The van der Waals surface area contributed by atoms with Crippen LogP contribution in [0.15, 0.2) is 0 Å². The third-order valence-corrected chi connectivity index (χ3v) is 3.30. The van der Waals surface area contributed by atoms with Crippen LogP contribution < -0.4 is 0 Å². The summed E-state index contributed by atoms with van der Waals surface area (Å²) in [6.07, 6.45) is 0. The predicted molar refractivity (Wildman–Crippen MR) is 44.9 cm³/mol. The van der Waals surface area contributed by atoms with Crippen LogP contribution in [0.1, 0.15) is 0 Å². The van der Waals surface area contributed by atoms with Crippen LogP contribution in [-0.2, 0) is 20.6 Å². The molecule has 9 heavy (non-hydrogen) atoms. The number of hydrogen-bond donors (Lipinski definition) is 0. The first-order chi connectivity index (χ1) is 4.18. The van der Waals surface area contributed by atoms with E-state index in [1.807, 2.05) is 0 Å². The molecule has 1 aliphatic rings. The van der Waals surface area contributed by atoms with Crippen molar-refractivity contribution in [1.29, 1.82) is 0 Å².